The highest BCUT2D eigenvalue weighted by Crippen LogP contribution is 2.39. The topological polar surface area (TPSA) is 143 Å². The summed E-state index contributed by atoms with van der Waals surface area (Å²) in [6.45, 7) is 1.44. The molecule has 0 aliphatic carbocycles. The zero-order valence-electron chi connectivity index (χ0n) is 13.3. The number of nitro benzene ring substituents is 1. The predicted octanol–water partition coefficient (Wildman–Crippen LogP) is 1.59. The number of rotatable bonds is 4. The van der Waals surface area contributed by atoms with Gasteiger partial charge >= 0.3 is 11.9 Å². The van der Waals surface area contributed by atoms with E-state index in [0.29, 0.717) is 0 Å². The van der Waals surface area contributed by atoms with Gasteiger partial charge < -0.3 is 15.2 Å². The number of ether oxygens (including phenoxy) is 1. The van der Waals surface area contributed by atoms with E-state index in [9.17, 15) is 30.1 Å². The van der Waals surface area contributed by atoms with Crippen molar-refractivity contribution in [2.45, 2.75) is 12.8 Å². The number of aliphatic carboxylic acids is 1. The standard InChI is InChI=1S/C16H13N3O6/c1-8-12(15(20)21)13(9-4-3-5-10(6-9)19(23)24)14(16(22)25-2)11(7-17)18-8/h3-6,13,18H,1-2H3,(H,20,21)/t13-/m0/s1. The Hall–Kier alpha value is -3.67. The number of dihydropyridines is 1. The first-order chi connectivity index (χ1) is 11.8. The van der Waals surface area contributed by atoms with Gasteiger partial charge in [-0.3, -0.25) is 10.1 Å². The first kappa shape index (κ1) is 17.7. The van der Waals surface area contributed by atoms with E-state index in [1.165, 1.54) is 31.2 Å². The quantitative estimate of drug-likeness (QED) is 0.476. The Morgan fingerprint density at radius 2 is 2.08 bits per heavy atom. The molecule has 9 heteroatoms. The number of benzene rings is 1. The van der Waals surface area contributed by atoms with E-state index >= 15 is 0 Å². The van der Waals surface area contributed by atoms with E-state index in [-0.39, 0.29) is 33.8 Å². The molecule has 0 saturated carbocycles. The molecule has 2 rings (SSSR count). The van der Waals surface area contributed by atoms with Gasteiger partial charge in [-0.05, 0) is 12.5 Å². The van der Waals surface area contributed by atoms with Crippen molar-refractivity contribution in [2.24, 2.45) is 0 Å². The van der Waals surface area contributed by atoms with Crippen molar-refractivity contribution < 1.29 is 24.4 Å². The molecule has 1 aliphatic rings. The Labute approximate surface area is 142 Å². The van der Waals surface area contributed by atoms with Gasteiger partial charge in [-0.15, -0.1) is 0 Å². The van der Waals surface area contributed by atoms with Crippen molar-refractivity contribution in [3.63, 3.8) is 0 Å². The van der Waals surface area contributed by atoms with Crippen LogP contribution in [0.15, 0.2) is 46.8 Å². The lowest BCUT2D eigenvalue weighted by Crippen LogP contribution is -2.32. The van der Waals surface area contributed by atoms with Crippen molar-refractivity contribution in [3.05, 3.63) is 62.5 Å². The number of esters is 1. The van der Waals surface area contributed by atoms with Gasteiger partial charge in [-0.2, -0.15) is 5.26 Å². The molecule has 0 saturated heterocycles. The highest BCUT2D eigenvalue weighted by atomic mass is 16.6. The smallest absolute Gasteiger partial charge is 0.337 e. The molecule has 1 aromatic rings. The molecule has 0 bridgehead atoms. The fraction of sp³-hybridized carbons (Fsp3) is 0.188. The van der Waals surface area contributed by atoms with Crippen LogP contribution < -0.4 is 5.32 Å². The third-order valence-corrected chi connectivity index (χ3v) is 3.73. The average molecular weight is 343 g/mol. The van der Waals surface area contributed by atoms with Gasteiger partial charge in [0.25, 0.3) is 5.69 Å². The molecule has 0 spiro atoms. The summed E-state index contributed by atoms with van der Waals surface area (Å²) in [5.74, 6) is -3.40. The molecule has 1 atom stereocenters. The van der Waals surface area contributed by atoms with E-state index < -0.39 is 22.8 Å². The van der Waals surface area contributed by atoms with Crippen LogP contribution in [0.5, 0.6) is 0 Å². The lowest BCUT2D eigenvalue weighted by atomic mass is 9.80. The minimum absolute atomic E-state index is 0.160. The minimum atomic E-state index is -1.32. The highest BCUT2D eigenvalue weighted by Gasteiger charge is 2.38. The van der Waals surface area contributed by atoms with E-state index in [0.717, 1.165) is 7.11 Å². The fourth-order valence-electron chi connectivity index (χ4n) is 2.68. The first-order valence-corrected chi connectivity index (χ1v) is 6.99. The van der Waals surface area contributed by atoms with Crippen LogP contribution in [0, 0.1) is 21.4 Å². The first-order valence-electron chi connectivity index (χ1n) is 6.99. The van der Waals surface area contributed by atoms with Crippen LogP contribution in [0.1, 0.15) is 18.4 Å². The van der Waals surface area contributed by atoms with E-state index in [1.54, 1.807) is 6.07 Å². The lowest BCUT2D eigenvalue weighted by molar-refractivity contribution is -0.384. The number of hydrogen-bond acceptors (Lipinski definition) is 7. The molecule has 2 N–H and O–H groups in total. The molecule has 0 aromatic heterocycles. The lowest BCUT2D eigenvalue weighted by Gasteiger charge is -2.28. The number of allylic oxidation sites excluding steroid dienone is 2. The van der Waals surface area contributed by atoms with Gasteiger partial charge in [0.05, 0.1) is 29.1 Å². The van der Waals surface area contributed by atoms with Crippen LogP contribution in [0.25, 0.3) is 0 Å². The van der Waals surface area contributed by atoms with Gasteiger partial charge in [-0.1, -0.05) is 12.1 Å². The number of nitrogens with one attached hydrogen (secondary N) is 1. The number of nitriles is 1. The summed E-state index contributed by atoms with van der Waals surface area (Å²) in [7, 11) is 1.10. The van der Waals surface area contributed by atoms with Crippen LogP contribution in [0.3, 0.4) is 0 Å². The van der Waals surface area contributed by atoms with Crippen LogP contribution in [0.2, 0.25) is 0 Å². The SMILES string of the molecule is COC(=O)C1=C(C#N)NC(C)=C(C(=O)O)[C@@H]1c1cccc([N+](=O)[O-])c1. The third-order valence-electron chi connectivity index (χ3n) is 3.73. The Morgan fingerprint density at radius 3 is 2.60 bits per heavy atom. The summed E-state index contributed by atoms with van der Waals surface area (Å²) in [5, 5.41) is 32.5. The number of carboxylic acids is 1. The number of hydrogen-bond donors (Lipinski definition) is 2. The molecule has 128 valence electrons. The number of carboxylic acid groups (broad SMARTS) is 1. The largest absolute Gasteiger partial charge is 0.478 e. The summed E-state index contributed by atoms with van der Waals surface area (Å²) < 4.78 is 4.68. The number of nitrogens with zero attached hydrogens (tertiary/aromatic N) is 2. The van der Waals surface area contributed by atoms with Crippen LogP contribution in [-0.4, -0.2) is 29.1 Å². The van der Waals surface area contributed by atoms with Gasteiger partial charge in [0.2, 0.25) is 0 Å². The molecule has 0 amide bonds. The second-order valence-electron chi connectivity index (χ2n) is 5.15. The molecule has 0 radical (unpaired) electrons. The average Bonchev–Trinajstić information content (AvgIpc) is 2.59. The zero-order valence-corrected chi connectivity index (χ0v) is 13.3. The van der Waals surface area contributed by atoms with Crippen molar-refractivity contribution in [2.75, 3.05) is 7.11 Å². The molecule has 0 unspecified atom stereocenters. The van der Waals surface area contributed by atoms with Crippen LogP contribution >= 0.6 is 0 Å². The number of methoxy groups -OCH3 is 1. The molecular formula is C16H13N3O6. The number of carbonyl (C=O) groups is 2. The van der Waals surface area contributed by atoms with Crippen molar-refractivity contribution >= 4 is 17.6 Å². The maximum atomic E-state index is 12.2. The molecule has 0 fully saturated rings. The molecule has 9 nitrogen and oxygen atoms in total. The molecular weight excluding hydrogens is 330 g/mol. The summed E-state index contributed by atoms with van der Waals surface area (Å²) in [4.78, 5) is 34.3. The second kappa shape index (κ2) is 6.84. The summed E-state index contributed by atoms with van der Waals surface area (Å²) >= 11 is 0. The molecule has 25 heavy (non-hydrogen) atoms. The maximum Gasteiger partial charge on any atom is 0.337 e. The van der Waals surface area contributed by atoms with Crippen LogP contribution in [-0.2, 0) is 14.3 Å². The molecule has 1 aliphatic heterocycles. The summed E-state index contributed by atoms with van der Waals surface area (Å²) in [6, 6.07) is 7.05. The van der Waals surface area contributed by atoms with Crippen molar-refractivity contribution in [1.29, 1.82) is 5.26 Å². The monoisotopic (exact) mass is 343 g/mol. The fourth-order valence-corrected chi connectivity index (χ4v) is 2.68. The van der Waals surface area contributed by atoms with E-state index in [4.69, 9.17) is 0 Å². The second-order valence-corrected chi connectivity index (χ2v) is 5.15. The zero-order chi connectivity index (χ0) is 18.7. The minimum Gasteiger partial charge on any atom is -0.478 e. The van der Waals surface area contributed by atoms with Gasteiger partial charge in [0.15, 0.2) is 0 Å². The molecule has 1 aromatic carbocycles. The highest BCUT2D eigenvalue weighted by molar-refractivity contribution is 5.99. The van der Waals surface area contributed by atoms with E-state index in [1.807, 2.05) is 0 Å². The summed E-state index contributed by atoms with van der Waals surface area (Å²) in [5.41, 5.74) is -0.478. The number of nitro groups is 1. The Morgan fingerprint density at radius 1 is 1.40 bits per heavy atom. The van der Waals surface area contributed by atoms with Crippen molar-refractivity contribution in [3.8, 4) is 6.07 Å². The van der Waals surface area contributed by atoms with Gasteiger partial charge in [0, 0.05) is 17.8 Å². The van der Waals surface area contributed by atoms with Crippen molar-refractivity contribution in [1.82, 2.24) is 5.32 Å². The van der Waals surface area contributed by atoms with Gasteiger partial charge in [-0.25, -0.2) is 9.59 Å². The van der Waals surface area contributed by atoms with Gasteiger partial charge in [0.1, 0.15) is 11.8 Å². The number of carbonyl (C=O) groups excluding carboxylic acids is 1. The Balaban J connectivity index is 2.78. The Bertz CT molecular complexity index is 878. The normalized spacial score (nSPS) is 16.8. The molecule has 1 heterocycles. The third kappa shape index (κ3) is 3.18. The number of non-ortho nitro benzene ring substituents is 1. The van der Waals surface area contributed by atoms with E-state index in [2.05, 4.69) is 10.1 Å². The Kier molecular flexibility index (Phi) is 4.84. The predicted molar refractivity (Wildman–Crippen MR) is 84.0 cm³/mol. The maximum absolute atomic E-state index is 12.2. The van der Waals surface area contributed by atoms with Crippen LogP contribution in [0.4, 0.5) is 5.69 Å². The summed E-state index contributed by atoms with van der Waals surface area (Å²) in [6.07, 6.45) is 0.